The molecule has 6 heteroatoms. The van der Waals surface area contributed by atoms with Crippen molar-refractivity contribution in [3.63, 3.8) is 0 Å². The molecule has 1 amide bonds. The molecule has 3 aromatic rings. The first-order chi connectivity index (χ1) is 14.2. The first-order valence-corrected chi connectivity index (χ1v) is 9.47. The van der Waals surface area contributed by atoms with Crippen LogP contribution in [0.5, 0.6) is 11.5 Å². The molecule has 0 aliphatic rings. The van der Waals surface area contributed by atoms with Crippen molar-refractivity contribution >= 4 is 17.4 Å². The third kappa shape index (κ3) is 5.72. The summed E-state index contributed by atoms with van der Waals surface area (Å²) in [6.45, 7) is 0.622. The second-order valence-electron chi connectivity index (χ2n) is 6.47. The molecule has 0 aliphatic heterocycles. The van der Waals surface area contributed by atoms with E-state index in [1.807, 2.05) is 30.3 Å². The highest BCUT2D eigenvalue weighted by atomic mass is 16.5. The molecule has 0 aliphatic carbocycles. The molecule has 0 unspecified atom stereocenters. The molecular formula is C23H25N3O3. The number of carbonyl (C=O) groups excluding carboxylic acids is 1. The number of pyridine rings is 1. The van der Waals surface area contributed by atoms with Crippen LogP contribution in [0.15, 0.2) is 66.9 Å². The van der Waals surface area contributed by atoms with Crippen LogP contribution in [-0.2, 0) is 6.42 Å². The van der Waals surface area contributed by atoms with Gasteiger partial charge in [-0.05, 0) is 42.7 Å². The number of ether oxygens (including phenoxy) is 2. The molecule has 3 rings (SSSR count). The minimum absolute atomic E-state index is 0.126. The van der Waals surface area contributed by atoms with Gasteiger partial charge in [0.15, 0.2) is 0 Å². The number of nitrogens with one attached hydrogen (secondary N) is 2. The summed E-state index contributed by atoms with van der Waals surface area (Å²) < 4.78 is 10.6. The molecular weight excluding hydrogens is 366 g/mol. The number of rotatable bonds is 9. The molecule has 2 N–H and O–H groups in total. The van der Waals surface area contributed by atoms with Crippen LogP contribution in [0.3, 0.4) is 0 Å². The number of nitrogens with zero attached hydrogens (tertiary/aromatic N) is 1. The van der Waals surface area contributed by atoms with E-state index in [0.29, 0.717) is 29.4 Å². The van der Waals surface area contributed by atoms with Gasteiger partial charge in [-0.1, -0.05) is 30.3 Å². The predicted molar refractivity (Wildman–Crippen MR) is 114 cm³/mol. The zero-order valence-corrected chi connectivity index (χ0v) is 16.6. The van der Waals surface area contributed by atoms with Gasteiger partial charge in [0.2, 0.25) is 0 Å². The predicted octanol–water partition coefficient (Wildman–Crippen LogP) is 4.21. The number of anilines is 2. The largest absolute Gasteiger partial charge is 0.497 e. The number of aromatic nitrogens is 1. The van der Waals surface area contributed by atoms with Crippen molar-refractivity contribution in [3.8, 4) is 11.5 Å². The van der Waals surface area contributed by atoms with Crippen LogP contribution in [0.25, 0.3) is 0 Å². The third-order valence-electron chi connectivity index (χ3n) is 4.47. The summed E-state index contributed by atoms with van der Waals surface area (Å²) in [6.07, 6.45) is 3.39. The third-order valence-corrected chi connectivity index (χ3v) is 4.47. The average molecular weight is 391 g/mol. The fourth-order valence-electron chi connectivity index (χ4n) is 2.88. The van der Waals surface area contributed by atoms with Crippen LogP contribution >= 0.6 is 0 Å². The number of amides is 1. The van der Waals surface area contributed by atoms with Crippen LogP contribution in [0, 0.1) is 0 Å². The van der Waals surface area contributed by atoms with E-state index in [4.69, 9.17) is 9.47 Å². The van der Waals surface area contributed by atoms with Gasteiger partial charge in [0, 0.05) is 18.8 Å². The molecule has 6 nitrogen and oxygen atoms in total. The summed E-state index contributed by atoms with van der Waals surface area (Å²) in [7, 11) is 3.20. The maximum absolute atomic E-state index is 12.3. The lowest BCUT2D eigenvalue weighted by Crippen LogP contribution is -2.24. The Morgan fingerprint density at radius 2 is 1.83 bits per heavy atom. The lowest BCUT2D eigenvalue weighted by atomic mass is 10.1. The molecule has 0 bridgehead atoms. The van der Waals surface area contributed by atoms with Crippen molar-refractivity contribution in [2.75, 3.05) is 26.1 Å². The number of methoxy groups -OCH3 is 2. The Morgan fingerprint density at radius 3 is 2.52 bits per heavy atom. The van der Waals surface area contributed by atoms with E-state index >= 15 is 0 Å². The van der Waals surface area contributed by atoms with Gasteiger partial charge in [-0.25, -0.2) is 4.98 Å². The highest BCUT2D eigenvalue weighted by molar-refractivity contribution is 5.94. The second kappa shape index (κ2) is 10.1. The topological polar surface area (TPSA) is 72.5 Å². The van der Waals surface area contributed by atoms with E-state index in [1.165, 1.54) is 5.56 Å². The fourth-order valence-corrected chi connectivity index (χ4v) is 2.88. The number of aryl methyl sites for hydroxylation is 1. The van der Waals surface area contributed by atoms with Gasteiger partial charge in [0.25, 0.3) is 5.91 Å². The van der Waals surface area contributed by atoms with Gasteiger partial charge in [0.1, 0.15) is 17.3 Å². The summed E-state index contributed by atoms with van der Waals surface area (Å²) in [4.78, 5) is 16.6. The van der Waals surface area contributed by atoms with Crippen molar-refractivity contribution < 1.29 is 14.3 Å². The molecule has 2 aromatic carbocycles. The molecule has 0 saturated heterocycles. The lowest BCUT2D eigenvalue weighted by molar-refractivity contribution is 0.0953. The summed E-state index contributed by atoms with van der Waals surface area (Å²) in [5.74, 6) is 1.85. The minimum atomic E-state index is -0.126. The van der Waals surface area contributed by atoms with Gasteiger partial charge in [-0.15, -0.1) is 0 Å². The van der Waals surface area contributed by atoms with Crippen molar-refractivity contribution in [1.82, 2.24) is 10.3 Å². The van der Waals surface area contributed by atoms with E-state index in [9.17, 15) is 4.79 Å². The quantitative estimate of drug-likeness (QED) is 0.535. The van der Waals surface area contributed by atoms with E-state index in [1.54, 1.807) is 38.6 Å². The molecule has 0 saturated carbocycles. The van der Waals surface area contributed by atoms with Gasteiger partial charge >= 0.3 is 0 Å². The monoisotopic (exact) mass is 391 g/mol. The van der Waals surface area contributed by atoms with E-state index in [-0.39, 0.29) is 5.91 Å². The maximum Gasteiger partial charge on any atom is 0.252 e. The molecule has 0 fully saturated rings. The summed E-state index contributed by atoms with van der Waals surface area (Å²) in [5.41, 5.74) is 2.56. The molecule has 150 valence electrons. The molecule has 0 radical (unpaired) electrons. The molecule has 0 atom stereocenters. The zero-order valence-electron chi connectivity index (χ0n) is 16.6. The number of benzene rings is 2. The Bertz CT molecular complexity index is 928. The van der Waals surface area contributed by atoms with E-state index in [2.05, 4.69) is 27.8 Å². The van der Waals surface area contributed by atoms with Crippen LogP contribution in [0.2, 0.25) is 0 Å². The standard InChI is InChI=1S/C23H25N3O3/c1-28-19-11-12-20(21(15-19)29-2)26-22-13-10-18(16-25-22)23(27)24-14-6-9-17-7-4-3-5-8-17/h3-5,7-8,10-13,15-16H,6,9,14H2,1-2H3,(H,24,27)(H,25,26). The Hall–Kier alpha value is -3.54. The Balaban J connectivity index is 1.52. The summed E-state index contributed by atoms with van der Waals surface area (Å²) in [6, 6.07) is 19.2. The molecule has 0 spiro atoms. The van der Waals surface area contributed by atoms with Crippen LogP contribution < -0.4 is 20.1 Å². The number of hydrogen-bond donors (Lipinski definition) is 2. The van der Waals surface area contributed by atoms with E-state index < -0.39 is 0 Å². The Kier molecular flexibility index (Phi) is 7.05. The van der Waals surface area contributed by atoms with Gasteiger partial charge in [-0.3, -0.25) is 4.79 Å². The highest BCUT2D eigenvalue weighted by Gasteiger charge is 2.08. The first kappa shape index (κ1) is 20.2. The van der Waals surface area contributed by atoms with Crippen molar-refractivity contribution in [2.24, 2.45) is 0 Å². The Labute approximate surface area is 170 Å². The molecule has 29 heavy (non-hydrogen) atoms. The van der Waals surface area contributed by atoms with Crippen LogP contribution in [0.1, 0.15) is 22.3 Å². The highest BCUT2D eigenvalue weighted by Crippen LogP contribution is 2.30. The molecule has 1 heterocycles. The Morgan fingerprint density at radius 1 is 1.00 bits per heavy atom. The van der Waals surface area contributed by atoms with Gasteiger partial charge in [-0.2, -0.15) is 0 Å². The van der Waals surface area contributed by atoms with Crippen molar-refractivity contribution in [2.45, 2.75) is 12.8 Å². The normalized spacial score (nSPS) is 10.3. The average Bonchev–Trinajstić information content (AvgIpc) is 2.78. The molecule has 1 aromatic heterocycles. The van der Waals surface area contributed by atoms with E-state index in [0.717, 1.165) is 18.5 Å². The van der Waals surface area contributed by atoms with Crippen LogP contribution in [0.4, 0.5) is 11.5 Å². The van der Waals surface area contributed by atoms with Gasteiger partial charge in [0.05, 0.1) is 25.5 Å². The number of carbonyl (C=O) groups is 1. The minimum Gasteiger partial charge on any atom is -0.497 e. The second-order valence-corrected chi connectivity index (χ2v) is 6.47. The maximum atomic E-state index is 12.3. The summed E-state index contributed by atoms with van der Waals surface area (Å²) in [5, 5.41) is 6.12. The van der Waals surface area contributed by atoms with Crippen molar-refractivity contribution in [3.05, 3.63) is 78.0 Å². The number of hydrogen-bond acceptors (Lipinski definition) is 5. The smallest absolute Gasteiger partial charge is 0.252 e. The SMILES string of the molecule is COc1ccc(Nc2ccc(C(=O)NCCCc3ccccc3)cn2)c(OC)c1. The zero-order chi connectivity index (χ0) is 20.5. The first-order valence-electron chi connectivity index (χ1n) is 9.47. The van der Waals surface area contributed by atoms with Crippen LogP contribution in [-0.4, -0.2) is 31.7 Å². The fraction of sp³-hybridized carbons (Fsp3) is 0.217. The lowest BCUT2D eigenvalue weighted by Gasteiger charge is -2.12. The van der Waals surface area contributed by atoms with Gasteiger partial charge < -0.3 is 20.1 Å². The summed E-state index contributed by atoms with van der Waals surface area (Å²) >= 11 is 0. The van der Waals surface area contributed by atoms with Crippen molar-refractivity contribution in [1.29, 1.82) is 0 Å².